The second-order valence-electron chi connectivity index (χ2n) is 6.43. The minimum Gasteiger partial charge on any atom is -0.487 e. The highest BCUT2D eigenvalue weighted by atomic mass is 16.5. The molecule has 1 heterocycles. The maximum atomic E-state index is 12.2. The zero-order valence-electron chi connectivity index (χ0n) is 12.6. The normalized spacial score (nSPS) is 24.2. The number of para-hydroxylation sites is 1. The molecule has 1 amide bonds. The second-order valence-corrected chi connectivity index (χ2v) is 6.43. The zero-order chi connectivity index (χ0) is 14.9. The molecule has 114 valence electrons. The number of benzene rings is 1. The molecule has 1 fully saturated rings. The van der Waals surface area contributed by atoms with Crippen LogP contribution in [-0.4, -0.2) is 18.1 Å². The summed E-state index contributed by atoms with van der Waals surface area (Å²) in [6, 6.07) is 8.10. The average molecular weight is 288 g/mol. The third kappa shape index (κ3) is 2.77. The quantitative estimate of drug-likeness (QED) is 0.898. The number of carbonyl (C=O) groups is 1. The van der Waals surface area contributed by atoms with Gasteiger partial charge >= 0.3 is 0 Å². The Balaban J connectivity index is 1.86. The molecule has 4 heteroatoms. The molecule has 21 heavy (non-hydrogen) atoms. The van der Waals surface area contributed by atoms with Crippen molar-refractivity contribution >= 4 is 5.91 Å². The fourth-order valence-corrected chi connectivity index (χ4v) is 3.49. The molecule has 1 saturated carbocycles. The van der Waals surface area contributed by atoms with Gasteiger partial charge in [0.25, 0.3) is 0 Å². The molecule has 1 aromatic rings. The van der Waals surface area contributed by atoms with Gasteiger partial charge in [0.15, 0.2) is 0 Å². The van der Waals surface area contributed by atoms with Crippen LogP contribution >= 0.6 is 0 Å². The lowest BCUT2D eigenvalue weighted by Crippen LogP contribution is -2.45. The molecule has 2 aliphatic rings. The predicted molar refractivity (Wildman–Crippen MR) is 82.0 cm³/mol. The summed E-state index contributed by atoms with van der Waals surface area (Å²) in [4.78, 5) is 12.2. The number of amides is 1. The highest BCUT2D eigenvalue weighted by molar-refractivity contribution is 5.79. The zero-order valence-corrected chi connectivity index (χ0v) is 12.6. The second kappa shape index (κ2) is 5.68. The molecule has 0 aromatic heterocycles. The number of fused-ring (bicyclic) bond motifs is 1. The van der Waals surface area contributed by atoms with E-state index in [1.54, 1.807) is 0 Å². The van der Waals surface area contributed by atoms with Crippen molar-refractivity contribution in [3.63, 3.8) is 0 Å². The van der Waals surface area contributed by atoms with Crippen molar-refractivity contribution in [2.24, 2.45) is 11.7 Å². The molecule has 3 N–H and O–H groups in total. The van der Waals surface area contributed by atoms with Gasteiger partial charge in [-0.3, -0.25) is 4.79 Å². The topological polar surface area (TPSA) is 64.4 Å². The lowest BCUT2D eigenvalue weighted by Gasteiger charge is -2.40. The summed E-state index contributed by atoms with van der Waals surface area (Å²) in [7, 11) is 0. The smallest absolute Gasteiger partial charge is 0.224 e. The highest BCUT2D eigenvalue weighted by Crippen LogP contribution is 2.46. The van der Waals surface area contributed by atoms with E-state index < -0.39 is 0 Å². The Kier molecular flexibility index (Phi) is 3.89. The first kappa shape index (κ1) is 14.4. The van der Waals surface area contributed by atoms with Gasteiger partial charge in [-0.25, -0.2) is 0 Å². The summed E-state index contributed by atoms with van der Waals surface area (Å²) in [5, 5.41) is 3.18. The number of hydrogen-bond donors (Lipinski definition) is 2. The number of ether oxygens (including phenoxy) is 1. The largest absolute Gasteiger partial charge is 0.487 e. The van der Waals surface area contributed by atoms with Gasteiger partial charge in [-0.2, -0.15) is 0 Å². The molecule has 0 bridgehead atoms. The summed E-state index contributed by atoms with van der Waals surface area (Å²) in [6.07, 6.45) is 5.46. The molecule has 2 atom stereocenters. The molecule has 4 nitrogen and oxygen atoms in total. The number of hydrogen-bond acceptors (Lipinski definition) is 3. The Bertz CT molecular complexity index is 523. The summed E-state index contributed by atoms with van der Waals surface area (Å²) in [5.41, 5.74) is 6.61. The molecule has 1 aromatic carbocycles. The minimum atomic E-state index is -0.153. The van der Waals surface area contributed by atoms with E-state index in [1.807, 2.05) is 25.1 Å². The maximum Gasteiger partial charge on any atom is 0.224 e. The van der Waals surface area contributed by atoms with Gasteiger partial charge < -0.3 is 15.8 Å². The van der Waals surface area contributed by atoms with Crippen LogP contribution in [0.3, 0.4) is 0 Å². The standard InChI is InChI=1S/C17H24N2O2/c1-12(11-18)16(20)19-14-10-17(8-4-5-9-17)21-15-7-3-2-6-13(14)15/h2-3,6-7,12,14H,4-5,8-11,18H2,1H3,(H,19,20). The lowest BCUT2D eigenvalue weighted by molar-refractivity contribution is -0.125. The van der Waals surface area contributed by atoms with Crippen molar-refractivity contribution in [2.75, 3.05) is 6.54 Å². The summed E-state index contributed by atoms with van der Waals surface area (Å²) >= 11 is 0. The van der Waals surface area contributed by atoms with Gasteiger partial charge in [0, 0.05) is 24.4 Å². The van der Waals surface area contributed by atoms with Crippen LogP contribution in [0.1, 0.15) is 50.6 Å². The number of rotatable bonds is 3. The van der Waals surface area contributed by atoms with E-state index >= 15 is 0 Å². The first-order valence-electron chi connectivity index (χ1n) is 7.92. The predicted octanol–water partition coefficient (Wildman–Crippen LogP) is 2.53. The van der Waals surface area contributed by atoms with Crippen LogP contribution in [0, 0.1) is 5.92 Å². The van der Waals surface area contributed by atoms with Crippen LogP contribution in [0.2, 0.25) is 0 Å². The van der Waals surface area contributed by atoms with Crippen molar-refractivity contribution in [2.45, 2.75) is 50.7 Å². The molecular formula is C17H24N2O2. The van der Waals surface area contributed by atoms with Gasteiger partial charge in [-0.05, 0) is 31.7 Å². The number of carbonyl (C=O) groups excluding carboxylic acids is 1. The molecule has 1 aliphatic carbocycles. The maximum absolute atomic E-state index is 12.2. The average Bonchev–Trinajstić information content (AvgIpc) is 2.94. The van der Waals surface area contributed by atoms with Crippen molar-refractivity contribution < 1.29 is 9.53 Å². The van der Waals surface area contributed by atoms with Crippen LogP contribution in [-0.2, 0) is 4.79 Å². The van der Waals surface area contributed by atoms with Gasteiger partial charge in [0.05, 0.1) is 6.04 Å². The molecular weight excluding hydrogens is 264 g/mol. The van der Waals surface area contributed by atoms with Crippen molar-refractivity contribution in [3.05, 3.63) is 29.8 Å². The third-order valence-electron chi connectivity index (χ3n) is 4.83. The Morgan fingerprint density at radius 1 is 1.43 bits per heavy atom. The van der Waals surface area contributed by atoms with Gasteiger partial charge in [0.1, 0.15) is 11.4 Å². The fourth-order valence-electron chi connectivity index (χ4n) is 3.49. The number of nitrogens with one attached hydrogen (secondary N) is 1. The number of nitrogens with two attached hydrogens (primary N) is 1. The first-order valence-corrected chi connectivity index (χ1v) is 7.92. The molecule has 0 radical (unpaired) electrons. The van der Waals surface area contributed by atoms with Crippen LogP contribution < -0.4 is 15.8 Å². The van der Waals surface area contributed by atoms with Crippen molar-refractivity contribution in [1.29, 1.82) is 0 Å². The minimum absolute atomic E-state index is 0.0346. The van der Waals surface area contributed by atoms with E-state index in [4.69, 9.17) is 10.5 Å². The third-order valence-corrected chi connectivity index (χ3v) is 4.83. The Hall–Kier alpha value is -1.55. The van der Waals surface area contributed by atoms with Gasteiger partial charge in [-0.15, -0.1) is 0 Å². The fraction of sp³-hybridized carbons (Fsp3) is 0.588. The molecule has 3 rings (SSSR count). The highest BCUT2D eigenvalue weighted by Gasteiger charge is 2.43. The molecule has 2 unspecified atom stereocenters. The first-order chi connectivity index (χ1) is 10.1. The Morgan fingerprint density at radius 2 is 2.14 bits per heavy atom. The SMILES string of the molecule is CC(CN)C(=O)NC1CC2(CCCC2)Oc2ccccc21. The Morgan fingerprint density at radius 3 is 2.86 bits per heavy atom. The van der Waals surface area contributed by atoms with E-state index in [0.717, 1.165) is 30.6 Å². The van der Waals surface area contributed by atoms with Crippen LogP contribution in [0.4, 0.5) is 0 Å². The van der Waals surface area contributed by atoms with E-state index in [9.17, 15) is 4.79 Å². The molecule has 1 spiro atoms. The van der Waals surface area contributed by atoms with E-state index in [1.165, 1.54) is 12.8 Å². The van der Waals surface area contributed by atoms with Crippen LogP contribution in [0.15, 0.2) is 24.3 Å². The molecule has 1 aliphatic heterocycles. The molecule has 0 saturated heterocycles. The van der Waals surface area contributed by atoms with E-state index in [-0.39, 0.29) is 23.5 Å². The lowest BCUT2D eigenvalue weighted by atomic mass is 9.85. The van der Waals surface area contributed by atoms with Gasteiger partial charge in [-0.1, -0.05) is 25.1 Å². The Labute approximate surface area is 126 Å². The van der Waals surface area contributed by atoms with Crippen LogP contribution in [0.25, 0.3) is 0 Å². The van der Waals surface area contributed by atoms with E-state index in [2.05, 4.69) is 11.4 Å². The summed E-state index contributed by atoms with van der Waals surface area (Å²) in [5.74, 6) is 0.809. The van der Waals surface area contributed by atoms with E-state index in [0.29, 0.717) is 6.54 Å². The van der Waals surface area contributed by atoms with Gasteiger partial charge in [0.2, 0.25) is 5.91 Å². The summed E-state index contributed by atoms with van der Waals surface area (Å²) < 4.78 is 6.30. The monoisotopic (exact) mass is 288 g/mol. The van der Waals surface area contributed by atoms with Crippen LogP contribution in [0.5, 0.6) is 5.75 Å². The van der Waals surface area contributed by atoms with Crippen molar-refractivity contribution in [3.8, 4) is 5.75 Å². The summed E-state index contributed by atoms with van der Waals surface area (Å²) in [6.45, 7) is 2.24. The van der Waals surface area contributed by atoms with Crippen molar-refractivity contribution in [1.82, 2.24) is 5.32 Å².